The van der Waals surface area contributed by atoms with Gasteiger partial charge in [0.15, 0.2) is 11.5 Å². The second-order valence-electron chi connectivity index (χ2n) is 11.0. The van der Waals surface area contributed by atoms with Crippen molar-refractivity contribution in [1.82, 2.24) is 30.3 Å². The SMILES string of the molecule is C=CC(=O)N1CCC(c2ccc(Nc3nc(N4CCC[C@@H](NC(=O)N5CCCCC5)C4)nnc3C(N)=O)cc2)CC1. The van der Waals surface area contributed by atoms with Gasteiger partial charge in [-0.15, -0.1) is 10.2 Å². The maximum atomic E-state index is 12.7. The number of likely N-dealkylation sites (tertiary alicyclic amines) is 2. The maximum Gasteiger partial charge on any atom is 0.317 e. The zero-order chi connectivity index (χ0) is 28.8. The first kappa shape index (κ1) is 28.3. The first-order valence-corrected chi connectivity index (χ1v) is 14.5. The molecule has 1 atom stereocenters. The first-order chi connectivity index (χ1) is 19.9. The zero-order valence-electron chi connectivity index (χ0n) is 23.4. The molecular formula is C29H39N9O3. The van der Waals surface area contributed by atoms with Gasteiger partial charge in [-0.3, -0.25) is 9.59 Å². The molecule has 4 heterocycles. The Balaban J connectivity index is 1.24. The number of carbonyl (C=O) groups is 3. The van der Waals surface area contributed by atoms with Crippen LogP contribution in [0.5, 0.6) is 0 Å². The number of anilines is 3. The van der Waals surface area contributed by atoms with Crippen LogP contribution in [0.15, 0.2) is 36.9 Å². The fraction of sp³-hybridized carbons (Fsp3) is 0.517. The fourth-order valence-corrected chi connectivity index (χ4v) is 5.88. The lowest BCUT2D eigenvalue weighted by Crippen LogP contribution is -2.52. The molecule has 0 bridgehead atoms. The van der Waals surface area contributed by atoms with Crippen molar-refractivity contribution in [3.8, 4) is 0 Å². The molecule has 0 aliphatic carbocycles. The number of nitrogens with zero attached hydrogens (tertiary/aromatic N) is 6. The second kappa shape index (κ2) is 13.0. The third kappa shape index (κ3) is 6.93. The number of amides is 4. The van der Waals surface area contributed by atoms with E-state index in [9.17, 15) is 14.4 Å². The molecule has 12 heteroatoms. The molecule has 218 valence electrons. The predicted octanol–water partition coefficient (Wildman–Crippen LogP) is 2.77. The third-order valence-electron chi connectivity index (χ3n) is 8.21. The number of aromatic nitrogens is 3. The number of hydrogen-bond donors (Lipinski definition) is 3. The van der Waals surface area contributed by atoms with Crippen molar-refractivity contribution in [3.05, 3.63) is 48.2 Å². The Morgan fingerprint density at radius 3 is 2.32 bits per heavy atom. The summed E-state index contributed by atoms with van der Waals surface area (Å²) in [6.45, 7) is 7.89. The predicted molar refractivity (Wildman–Crippen MR) is 156 cm³/mol. The molecule has 0 saturated carbocycles. The molecule has 0 spiro atoms. The third-order valence-corrected chi connectivity index (χ3v) is 8.21. The van der Waals surface area contributed by atoms with Gasteiger partial charge in [0.05, 0.1) is 0 Å². The van der Waals surface area contributed by atoms with Crippen molar-refractivity contribution in [2.24, 2.45) is 5.73 Å². The van der Waals surface area contributed by atoms with Gasteiger partial charge in [0.1, 0.15) is 0 Å². The molecule has 5 rings (SSSR count). The largest absolute Gasteiger partial charge is 0.364 e. The minimum absolute atomic E-state index is 0.0127. The van der Waals surface area contributed by atoms with E-state index in [2.05, 4.69) is 44.5 Å². The normalized spacial score (nSPS) is 19.9. The number of nitrogens with two attached hydrogens (primary N) is 1. The van der Waals surface area contributed by atoms with Crippen LogP contribution >= 0.6 is 0 Å². The molecule has 41 heavy (non-hydrogen) atoms. The number of rotatable bonds is 7. The summed E-state index contributed by atoms with van der Waals surface area (Å²) in [6, 6.07) is 7.95. The highest BCUT2D eigenvalue weighted by atomic mass is 16.2. The molecule has 3 aliphatic rings. The van der Waals surface area contributed by atoms with E-state index >= 15 is 0 Å². The maximum absolute atomic E-state index is 12.7. The summed E-state index contributed by atoms with van der Waals surface area (Å²) < 4.78 is 0. The van der Waals surface area contributed by atoms with Crippen molar-refractivity contribution in [2.45, 2.75) is 56.9 Å². The second-order valence-corrected chi connectivity index (χ2v) is 11.0. The minimum Gasteiger partial charge on any atom is -0.364 e. The van der Waals surface area contributed by atoms with Crippen LogP contribution in [-0.4, -0.2) is 88.1 Å². The van der Waals surface area contributed by atoms with E-state index in [4.69, 9.17) is 5.73 Å². The lowest BCUT2D eigenvalue weighted by Gasteiger charge is -2.35. The number of nitrogens with one attached hydrogen (secondary N) is 2. The molecule has 4 amide bonds. The summed E-state index contributed by atoms with van der Waals surface area (Å²) in [5.74, 6) is 0.252. The fourth-order valence-electron chi connectivity index (χ4n) is 5.88. The van der Waals surface area contributed by atoms with Crippen LogP contribution in [0.2, 0.25) is 0 Å². The highest BCUT2D eigenvalue weighted by molar-refractivity contribution is 5.96. The van der Waals surface area contributed by atoms with Gasteiger partial charge in [0, 0.05) is 51.0 Å². The quantitative estimate of drug-likeness (QED) is 0.437. The van der Waals surface area contributed by atoms with Crippen LogP contribution in [0.3, 0.4) is 0 Å². The lowest BCUT2D eigenvalue weighted by atomic mass is 9.89. The van der Waals surface area contributed by atoms with E-state index in [1.165, 1.54) is 18.1 Å². The molecule has 2 aromatic rings. The number of carbonyl (C=O) groups excluding carboxylic acids is 3. The Bertz CT molecular complexity index is 1250. The minimum atomic E-state index is -0.721. The average Bonchev–Trinajstić information content (AvgIpc) is 3.01. The smallest absolute Gasteiger partial charge is 0.317 e. The summed E-state index contributed by atoms with van der Waals surface area (Å²) in [4.78, 5) is 47.1. The summed E-state index contributed by atoms with van der Waals surface area (Å²) in [6.07, 6.45) is 8.18. The van der Waals surface area contributed by atoms with Gasteiger partial charge in [0.2, 0.25) is 11.9 Å². The standard InChI is InChI=1S/C29H39N9O3/c1-2-24(39)36-17-12-21(13-18-36)20-8-10-22(11-9-20)31-27-25(26(30)40)34-35-28(33-27)38-16-6-7-23(19-38)32-29(41)37-14-4-3-5-15-37/h2,8-11,21,23H,1,3-7,12-19H2,(H2,30,40)(H,32,41)(H,31,33,35)/t23-/m1/s1. The zero-order valence-corrected chi connectivity index (χ0v) is 23.4. The van der Waals surface area contributed by atoms with Gasteiger partial charge < -0.3 is 31.1 Å². The molecular weight excluding hydrogens is 522 g/mol. The van der Waals surface area contributed by atoms with Crippen LogP contribution in [0.1, 0.15) is 66.9 Å². The lowest BCUT2D eigenvalue weighted by molar-refractivity contribution is -0.127. The van der Waals surface area contributed by atoms with E-state index in [-0.39, 0.29) is 29.5 Å². The van der Waals surface area contributed by atoms with E-state index in [0.29, 0.717) is 31.5 Å². The number of piperidine rings is 3. The van der Waals surface area contributed by atoms with E-state index < -0.39 is 5.91 Å². The van der Waals surface area contributed by atoms with Crippen LogP contribution in [0.4, 0.5) is 22.2 Å². The molecule has 0 radical (unpaired) electrons. The number of urea groups is 1. The molecule has 4 N–H and O–H groups in total. The number of hydrogen-bond acceptors (Lipinski definition) is 8. The van der Waals surface area contributed by atoms with E-state index in [1.807, 2.05) is 26.8 Å². The van der Waals surface area contributed by atoms with E-state index in [0.717, 1.165) is 63.8 Å². The molecule has 1 aromatic carbocycles. The Labute approximate surface area is 240 Å². The Kier molecular flexibility index (Phi) is 8.95. The Hall–Kier alpha value is -4.22. The van der Waals surface area contributed by atoms with Crippen LogP contribution in [0.25, 0.3) is 0 Å². The van der Waals surface area contributed by atoms with Crippen molar-refractivity contribution in [1.29, 1.82) is 0 Å². The Morgan fingerprint density at radius 2 is 1.63 bits per heavy atom. The average molecular weight is 562 g/mol. The Morgan fingerprint density at radius 1 is 0.902 bits per heavy atom. The highest BCUT2D eigenvalue weighted by Crippen LogP contribution is 2.30. The number of primary amides is 1. The topological polar surface area (TPSA) is 150 Å². The molecule has 12 nitrogen and oxygen atoms in total. The van der Waals surface area contributed by atoms with Gasteiger partial charge in [-0.05, 0) is 74.6 Å². The van der Waals surface area contributed by atoms with Gasteiger partial charge in [-0.2, -0.15) is 4.98 Å². The summed E-state index contributed by atoms with van der Waals surface area (Å²) in [5, 5.41) is 14.7. The van der Waals surface area contributed by atoms with Crippen molar-refractivity contribution in [2.75, 3.05) is 49.5 Å². The molecule has 3 fully saturated rings. The van der Waals surface area contributed by atoms with Gasteiger partial charge in [-0.1, -0.05) is 18.7 Å². The molecule has 3 aliphatic heterocycles. The van der Waals surface area contributed by atoms with Crippen LogP contribution in [0, 0.1) is 0 Å². The summed E-state index contributed by atoms with van der Waals surface area (Å²) in [7, 11) is 0. The van der Waals surface area contributed by atoms with Gasteiger partial charge >= 0.3 is 6.03 Å². The first-order valence-electron chi connectivity index (χ1n) is 14.5. The van der Waals surface area contributed by atoms with Crippen molar-refractivity contribution >= 4 is 35.3 Å². The van der Waals surface area contributed by atoms with Crippen molar-refractivity contribution < 1.29 is 14.4 Å². The molecule has 3 saturated heterocycles. The summed E-state index contributed by atoms with van der Waals surface area (Å²) >= 11 is 0. The van der Waals surface area contributed by atoms with E-state index in [1.54, 1.807) is 0 Å². The molecule has 0 unspecified atom stereocenters. The van der Waals surface area contributed by atoms with Crippen LogP contribution < -0.4 is 21.3 Å². The van der Waals surface area contributed by atoms with Crippen LogP contribution in [-0.2, 0) is 4.79 Å². The monoisotopic (exact) mass is 561 g/mol. The summed E-state index contributed by atoms with van der Waals surface area (Å²) in [5.41, 5.74) is 7.49. The number of benzene rings is 1. The van der Waals surface area contributed by atoms with Gasteiger partial charge in [0.25, 0.3) is 5.91 Å². The van der Waals surface area contributed by atoms with Crippen molar-refractivity contribution in [3.63, 3.8) is 0 Å². The van der Waals surface area contributed by atoms with Gasteiger partial charge in [-0.25, -0.2) is 4.79 Å². The molecule has 1 aromatic heterocycles. The highest BCUT2D eigenvalue weighted by Gasteiger charge is 2.27.